The summed E-state index contributed by atoms with van der Waals surface area (Å²) in [7, 11) is 0. The first-order valence-corrected chi connectivity index (χ1v) is 4.89. The van der Waals surface area contributed by atoms with Crippen LogP contribution in [0.5, 0.6) is 5.75 Å². The van der Waals surface area contributed by atoms with Crippen LogP contribution in [0, 0.1) is 10.1 Å². The summed E-state index contributed by atoms with van der Waals surface area (Å²) < 4.78 is 5.07. The van der Waals surface area contributed by atoms with Crippen LogP contribution in [0.1, 0.15) is 0 Å². The molecule has 0 spiro atoms. The normalized spacial score (nSPS) is 9.41. The van der Waals surface area contributed by atoms with Crippen molar-refractivity contribution in [1.29, 1.82) is 0 Å². The van der Waals surface area contributed by atoms with Crippen molar-refractivity contribution in [3.63, 3.8) is 0 Å². The Bertz CT molecular complexity index is 431. The number of nitro groups is 1. The zero-order valence-corrected chi connectivity index (χ0v) is 9.09. The third kappa shape index (κ3) is 3.94. The van der Waals surface area contributed by atoms with Gasteiger partial charge in [-0.1, -0.05) is 18.2 Å². The molecule has 0 fully saturated rings. The highest BCUT2D eigenvalue weighted by molar-refractivity contribution is 5.77. The zero-order valence-electron chi connectivity index (χ0n) is 9.09. The molecule has 0 bridgehead atoms. The third-order valence-corrected chi connectivity index (χ3v) is 1.86. The molecule has 0 aliphatic rings. The van der Waals surface area contributed by atoms with Gasteiger partial charge in [-0.2, -0.15) is 0 Å². The second-order valence-electron chi connectivity index (χ2n) is 3.11. The first-order chi connectivity index (χ1) is 8.15. The van der Waals surface area contributed by atoms with Gasteiger partial charge in [-0.05, 0) is 6.07 Å². The van der Waals surface area contributed by atoms with Crippen molar-refractivity contribution in [3.05, 3.63) is 47.0 Å². The summed E-state index contributed by atoms with van der Waals surface area (Å²) in [4.78, 5) is 21.3. The summed E-state index contributed by atoms with van der Waals surface area (Å²) in [6, 6.07) is 5.89. The maximum atomic E-state index is 11.2. The van der Waals surface area contributed by atoms with Gasteiger partial charge in [-0.3, -0.25) is 14.9 Å². The van der Waals surface area contributed by atoms with Crippen LogP contribution in [0.3, 0.4) is 0 Å². The quantitative estimate of drug-likeness (QED) is 0.458. The molecule has 1 aromatic carbocycles. The summed E-state index contributed by atoms with van der Waals surface area (Å²) >= 11 is 0. The van der Waals surface area contributed by atoms with Crippen molar-refractivity contribution in [1.82, 2.24) is 5.32 Å². The average molecular weight is 236 g/mol. The fraction of sp³-hybridized carbons (Fsp3) is 0.182. The monoisotopic (exact) mass is 236 g/mol. The predicted molar refractivity (Wildman–Crippen MR) is 61.8 cm³/mol. The van der Waals surface area contributed by atoms with E-state index in [9.17, 15) is 14.9 Å². The minimum atomic E-state index is -0.559. The number of hydrogen-bond acceptors (Lipinski definition) is 4. The Hall–Kier alpha value is -2.37. The Morgan fingerprint density at radius 3 is 2.88 bits per heavy atom. The summed E-state index contributed by atoms with van der Waals surface area (Å²) in [6.45, 7) is 3.51. The highest BCUT2D eigenvalue weighted by Crippen LogP contribution is 2.25. The lowest BCUT2D eigenvalue weighted by Crippen LogP contribution is -2.28. The Labute approximate surface area is 98.0 Å². The summed E-state index contributed by atoms with van der Waals surface area (Å²) in [6.07, 6.45) is 1.53. The Kier molecular flexibility index (Phi) is 4.68. The number of rotatable bonds is 6. The molecule has 0 aliphatic carbocycles. The molecule has 1 N–H and O–H groups in total. The minimum Gasteiger partial charge on any atom is -0.477 e. The molecular weight excluding hydrogens is 224 g/mol. The molecule has 0 heterocycles. The molecule has 0 radical (unpaired) electrons. The van der Waals surface area contributed by atoms with Crippen molar-refractivity contribution in [2.24, 2.45) is 0 Å². The van der Waals surface area contributed by atoms with E-state index in [1.807, 2.05) is 0 Å². The number of ether oxygens (including phenoxy) is 1. The number of carbonyl (C=O) groups excluding carboxylic acids is 1. The highest BCUT2D eigenvalue weighted by Gasteiger charge is 2.14. The first-order valence-electron chi connectivity index (χ1n) is 4.89. The molecular formula is C11H12N2O4. The number of nitrogens with one attached hydrogen (secondary N) is 1. The molecule has 0 aromatic heterocycles. The van der Waals surface area contributed by atoms with Crippen molar-refractivity contribution in [2.75, 3.05) is 13.2 Å². The molecule has 0 saturated carbocycles. The molecule has 1 aromatic rings. The molecule has 6 nitrogen and oxygen atoms in total. The van der Waals surface area contributed by atoms with E-state index < -0.39 is 4.92 Å². The molecule has 17 heavy (non-hydrogen) atoms. The van der Waals surface area contributed by atoms with Gasteiger partial charge >= 0.3 is 5.69 Å². The van der Waals surface area contributed by atoms with Crippen LogP contribution < -0.4 is 10.1 Å². The van der Waals surface area contributed by atoms with Crippen LogP contribution in [0.25, 0.3) is 0 Å². The van der Waals surface area contributed by atoms with Crippen LogP contribution in [0.4, 0.5) is 5.69 Å². The van der Waals surface area contributed by atoms with E-state index in [1.54, 1.807) is 6.07 Å². The topological polar surface area (TPSA) is 81.5 Å². The maximum Gasteiger partial charge on any atom is 0.310 e. The molecule has 6 heteroatoms. The first kappa shape index (κ1) is 12.7. The number of carbonyl (C=O) groups is 1. The lowest BCUT2D eigenvalue weighted by atomic mass is 10.3. The van der Waals surface area contributed by atoms with Crippen LogP contribution in [-0.2, 0) is 4.79 Å². The van der Waals surface area contributed by atoms with E-state index in [2.05, 4.69) is 11.9 Å². The molecule has 0 saturated heterocycles. The van der Waals surface area contributed by atoms with Gasteiger partial charge in [-0.15, -0.1) is 6.58 Å². The van der Waals surface area contributed by atoms with E-state index >= 15 is 0 Å². The van der Waals surface area contributed by atoms with Crippen LogP contribution >= 0.6 is 0 Å². The number of hydrogen-bond donors (Lipinski definition) is 1. The van der Waals surface area contributed by atoms with Crippen molar-refractivity contribution in [2.45, 2.75) is 0 Å². The Morgan fingerprint density at radius 1 is 1.53 bits per heavy atom. The Balaban J connectivity index is 2.60. The highest BCUT2D eigenvalue weighted by atomic mass is 16.6. The smallest absolute Gasteiger partial charge is 0.310 e. The van der Waals surface area contributed by atoms with Gasteiger partial charge in [0.15, 0.2) is 12.4 Å². The summed E-state index contributed by atoms with van der Waals surface area (Å²) in [5, 5.41) is 13.1. The Morgan fingerprint density at radius 2 is 2.24 bits per heavy atom. The van der Waals surface area contributed by atoms with Gasteiger partial charge < -0.3 is 10.1 Å². The standard InChI is InChI=1S/C11H12N2O4/c1-2-7-12-11(14)8-17-10-6-4-3-5-9(10)13(15)16/h2-6H,1,7-8H2,(H,12,14). The maximum absolute atomic E-state index is 11.2. The predicted octanol–water partition coefficient (Wildman–Crippen LogP) is 1.28. The molecule has 0 aliphatic heterocycles. The minimum absolute atomic E-state index is 0.0752. The van der Waals surface area contributed by atoms with E-state index in [0.717, 1.165) is 0 Å². The van der Waals surface area contributed by atoms with Gasteiger partial charge in [-0.25, -0.2) is 0 Å². The van der Waals surface area contributed by atoms with Gasteiger partial charge in [0.05, 0.1) is 4.92 Å². The van der Waals surface area contributed by atoms with E-state index in [1.165, 1.54) is 24.3 Å². The summed E-state index contributed by atoms with van der Waals surface area (Å²) in [5.74, 6) is -0.283. The SMILES string of the molecule is C=CCNC(=O)COc1ccccc1[N+](=O)[O-]. The second kappa shape index (κ2) is 6.26. The van der Waals surface area contributed by atoms with E-state index in [0.29, 0.717) is 6.54 Å². The van der Waals surface area contributed by atoms with E-state index in [-0.39, 0.29) is 24.0 Å². The second-order valence-corrected chi connectivity index (χ2v) is 3.11. The van der Waals surface area contributed by atoms with Gasteiger partial charge in [0.1, 0.15) is 0 Å². The van der Waals surface area contributed by atoms with Crippen molar-refractivity contribution >= 4 is 11.6 Å². The summed E-state index contributed by atoms with van der Waals surface area (Å²) in [5.41, 5.74) is -0.163. The van der Waals surface area contributed by atoms with Gasteiger partial charge in [0, 0.05) is 12.6 Å². The lowest BCUT2D eigenvalue weighted by Gasteiger charge is -2.06. The number of amides is 1. The molecule has 1 amide bonds. The van der Waals surface area contributed by atoms with Crippen molar-refractivity contribution < 1.29 is 14.5 Å². The molecule has 0 unspecified atom stereocenters. The largest absolute Gasteiger partial charge is 0.477 e. The molecule has 0 atom stereocenters. The van der Waals surface area contributed by atoms with Crippen LogP contribution in [0.2, 0.25) is 0 Å². The average Bonchev–Trinajstić information content (AvgIpc) is 2.34. The number of para-hydroxylation sites is 2. The fourth-order valence-electron chi connectivity index (χ4n) is 1.11. The zero-order chi connectivity index (χ0) is 12.7. The van der Waals surface area contributed by atoms with E-state index in [4.69, 9.17) is 4.74 Å². The van der Waals surface area contributed by atoms with Crippen LogP contribution in [0.15, 0.2) is 36.9 Å². The fourth-order valence-corrected chi connectivity index (χ4v) is 1.11. The molecule has 1 rings (SSSR count). The number of benzene rings is 1. The number of nitrogens with zero attached hydrogens (tertiary/aromatic N) is 1. The van der Waals surface area contributed by atoms with Gasteiger partial charge in [0.25, 0.3) is 5.91 Å². The van der Waals surface area contributed by atoms with Gasteiger partial charge in [0.2, 0.25) is 0 Å². The van der Waals surface area contributed by atoms with Crippen LogP contribution in [-0.4, -0.2) is 24.0 Å². The van der Waals surface area contributed by atoms with Crippen molar-refractivity contribution in [3.8, 4) is 5.75 Å². The lowest BCUT2D eigenvalue weighted by molar-refractivity contribution is -0.385. The number of nitro benzene ring substituents is 1. The molecule has 90 valence electrons. The third-order valence-electron chi connectivity index (χ3n) is 1.86.